The van der Waals surface area contributed by atoms with E-state index in [0.29, 0.717) is 17.5 Å². The minimum absolute atomic E-state index is 0.0323. The number of benzene rings is 1. The van der Waals surface area contributed by atoms with Crippen LogP contribution in [0, 0.1) is 13.8 Å². The molecular weight excluding hydrogens is 252 g/mol. The monoisotopic (exact) mass is 276 g/mol. The summed E-state index contributed by atoms with van der Waals surface area (Å²) in [6.45, 7) is 3.96. The lowest BCUT2D eigenvalue weighted by molar-refractivity contribution is -0.124. The summed E-state index contributed by atoms with van der Waals surface area (Å²) in [5, 5.41) is 3.03. The van der Waals surface area contributed by atoms with Crippen molar-refractivity contribution >= 4 is 11.6 Å². The van der Waals surface area contributed by atoms with E-state index in [1.165, 1.54) is 19.3 Å². The number of aryl methyl sites for hydroxylation is 2. The average Bonchev–Trinajstić information content (AvgIpc) is 2.38. The average molecular weight is 276 g/mol. The van der Waals surface area contributed by atoms with Crippen molar-refractivity contribution in [3.8, 4) is 5.75 Å². The Balaban J connectivity index is 1.87. The van der Waals surface area contributed by atoms with Crippen LogP contribution < -0.4 is 15.8 Å². The second-order valence-electron chi connectivity index (χ2n) is 5.69. The summed E-state index contributed by atoms with van der Waals surface area (Å²) in [4.78, 5) is 11.9. The summed E-state index contributed by atoms with van der Waals surface area (Å²) in [5.74, 6) is 0.561. The molecule has 0 spiro atoms. The predicted octanol–water partition coefficient (Wildman–Crippen LogP) is 2.71. The van der Waals surface area contributed by atoms with E-state index in [4.69, 9.17) is 10.5 Å². The molecule has 0 aliphatic heterocycles. The van der Waals surface area contributed by atoms with Gasteiger partial charge in [-0.05, 0) is 43.9 Å². The van der Waals surface area contributed by atoms with Crippen LogP contribution in [-0.2, 0) is 4.79 Å². The molecule has 0 unspecified atom stereocenters. The zero-order valence-electron chi connectivity index (χ0n) is 12.4. The van der Waals surface area contributed by atoms with Gasteiger partial charge in [-0.15, -0.1) is 0 Å². The SMILES string of the molecule is Cc1cc(C)c(OCC(=O)NC2CCCCC2)c(N)c1. The van der Waals surface area contributed by atoms with Crippen LogP contribution in [0.1, 0.15) is 43.2 Å². The van der Waals surface area contributed by atoms with E-state index in [-0.39, 0.29) is 12.5 Å². The number of nitrogen functional groups attached to an aromatic ring is 1. The molecule has 1 saturated carbocycles. The summed E-state index contributed by atoms with van der Waals surface area (Å²) < 4.78 is 5.59. The lowest BCUT2D eigenvalue weighted by Crippen LogP contribution is -2.39. The van der Waals surface area contributed by atoms with Gasteiger partial charge in [0.05, 0.1) is 5.69 Å². The molecule has 1 amide bonds. The fourth-order valence-corrected chi connectivity index (χ4v) is 2.84. The number of ether oxygens (including phenoxy) is 1. The van der Waals surface area contributed by atoms with E-state index in [1.807, 2.05) is 26.0 Å². The third-order valence-electron chi connectivity index (χ3n) is 3.77. The lowest BCUT2D eigenvalue weighted by Gasteiger charge is -2.23. The maximum atomic E-state index is 11.9. The Morgan fingerprint density at radius 1 is 1.30 bits per heavy atom. The minimum atomic E-state index is -0.0590. The summed E-state index contributed by atoms with van der Waals surface area (Å²) in [6.07, 6.45) is 5.85. The molecule has 1 aromatic carbocycles. The first-order valence-electron chi connectivity index (χ1n) is 7.35. The van der Waals surface area contributed by atoms with Crippen LogP contribution >= 0.6 is 0 Å². The zero-order chi connectivity index (χ0) is 14.5. The van der Waals surface area contributed by atoms with Crippen molar-refractivity contribution in [3.05, 3.63) is 23.3 Å². The van der Waals surface area contributed by atoms with Gasteiger partial charge < -0.3 is 15.8 Å². The third kappa shape index (κ3) is 3.89. The Hall–Kier alpha value is -1.71. The first-order valence-corrected chi connectivity index (χ1v) is 7.35. The maximum absolute atomic E-state index is 11.9. The second-order valence-corrected chi connectivity index (χ2v) is 5.69. The Labute approximate surface area is 120 Å². The minimum Gasteiger partial charge on any atom is -0.481 e. The van der Waals surface area contributed by atoms with E-state index < -0.39 is 0 Å². The standard InChI is InChI=1S/C16H24N2O2/c1-11-8-12(2)16(14(17)9-11)20-10-15(19)18-13-6-4-3-5-7-13/h8-9,13H,3-7,10,17H2,1-2H3,(H,18,19). The van der Waals surface area contributed by atoms with Crippen molar-refractivity contribution in [1.82, 2.24) is 5.32 Å². The number of hydrogen-bond acceptors (Lipinski definition) is 3. The van der Waals surface area contributed by atoms with Crippen LogP contribution in [0.4, 0.5) is 5.69 Å². The van der Waals surface area contributed by atoms with Crippen molar-refractivity contribution < 1.29 is 9.53 Å². The van der Waals surface area contributed by atoms with Crippen LogP contribution in [0.3, 0.4) is 0 Å². The summed E-state index contributed by atoms with van der Waals surface area (Å²) in [7, 11) is 0. The molecular formula is C16H24N2O2. The molecule has 4 nitrogen and oxygen atoms in total. The molecule has 4 heteroatoms. The summed E-state index contributed by atoms with van der Waals surface area (Å²) in [5.41, 5.74) is 8.59. The number of nitrogens with one attached hydrogen (secondary N) is 1. The van der Waals surface area contributed by atoms with Gasteiger partial charge in [0, 0.05) is 6.04 Å². The summed E-state index contributed by atoms with van der Waals surface area (Å²) >= 11 is 0. The van der Waals surface area contributed by atoms with Crippen molar-refractivity contribution in [2.45, 2.75) is 52.0 Å². The molecule has 3 N–H and O–H groups in total. The molecule has 0 aromatic heterocycles. The van der Waals surface area contributed by atoms with Gasteiger partial charge in [0.2, 0.25) is 0 Å². The smallest absolute Gasteiger partial charge is 0.258 e. The van der Waals surface area contributed by atoms with Gasteiger partial charge in [-0.2, -0.15) is 0 Å². The molecule has 0 saturated heterocycles. The van der Waals surface area contributed by atoms with Gasteiger partial charge in [-0.3, -0.25) is 4.79 Å². The summed E-state index contributed by atoms with van der Waals surface area (Å²) in [6, 6.07) is 4.18. The highest BCUT2D eigenvalue weighted by Gasteiger charge is 2.16. The first kappa shape index (κ1) is 14.7. The number of carbonyl (C=O) groups is 1. The third-order valence-corrected chi connectivity index (χ3v) is 3.77. The van der Waals surface area contributed by atoms with Crippen molar-refractivity contribution in [2.75, 3.05) is 12.3 Å². The number of rotatable bonds is 4. The fourth-order valence-electron chi connectivity index (χ4n) is 2.84. The van der Waals surface area contributed by atoms with Gasteiger partial charge in [-0.25, -0.2) is 0 Å². The highest BCUT2D eigenvalue weighted by Crippen LogP contribution is 2.27. The normalized spacial score (nSPS) is 15.9. The lowest BCUT2D eigenvalue weighted by atomic mass is 9.95. The molecule has 2 rings (SSSR count). The van der Waals surface area contributed by atoms with Gasteiger partial charge in [0.25, 0.3) is 5.91 Å². The van der Waals surface area contributed by atoms with E-state index in [9.17, 15) is 4.79 Å². The molecule has 0 atom stereocenters. The largest absolute Gasteiger partial charge is 0.481 e. The number of anilines is 1. The van der Waals surface area contributed by atoms with Gasteiger partial charge in [-0.1, -0.05) is 25.3 Å². The van der Waals surface area contributed by atoms with Gasteiger partial charge in [0.15, 0.2) is 6.61 Å². The second kappa shape index (κ2) is 6.64. The van der Waals surface area contributed by atoms with Crippen LogP contribution in [0.5, 0.6) is 5.75 Å². The molecule has 110 valence electrons. The van der Waals surface area contributed by atoms with Crippen molar-refractivity contribution in [2.24, 2.45) is 0 Å². The van der Waals surface area contributed by atoms with Gasteiger partial charge >= 0.3 is 0 Å². The van der Waals surface area contributed by atoms with E-state index in [0.717, 1.165) is 24.0 Å². The van der Waals surface area contributed by atoms with Crippen LogP contribution in [0.2, 0.25) is 0 Å². The molecule has 1 aromatic rings. The first-order chi connectivity index (χ1) is 9.56. The number of nitrogens with two attached hydrogens (primary N) is 1. The molecule has 0 radical (unpaired) electrons. The van der Waals surface area contributed by atoms with Crippen LogP contribution in [0.25, 0.3) is 0 Å². The van der Waals surface area contributed by atoms with Crippen LogP contribution in [-0.4, -0.2) is 18.6 Å². The molecule has 1 aliphatic rings. The molecule has 1 aliphatic carbocycles. The van der Waals surface area contributed by atoms with Crippen LogP contribution in [0.15, 0.2) is 12.1 Å². The molecule has 1 fully saturated rings. The van der Waals surface area contributed by atoms with Gasteiger partial charge in [0.1, 0.15) is 5.75 Å². The molecule has 0 bridgehead atoms. The van der Waals surface area contributed by atoms with Crippen molar-refractivity contribution in [1.29, 1.82) is 0 Å². The Kier molecular flexibility index (Phi) is 4.88. The molecule has 20 heavy (non-hydrogen) atoms. The van der Waals surface area contributed by atoms with E-state index in [1.54, 1.807) is 0 Å². The van der Waals surface area contributed by atoms with E-state index in [2.05, 4.69) is 5.32 Å². The Morgan fingerprint density at radius 3 is 2.65 bits per heavy atom. The topological polar surface area (TPSA) is 64.3 Å². The van der Waals surface area contributed by atoms with E-state index >= 15 is 0 Å². The zero-order valence-corrected chi connectivity index (χ0v) is 12.4. The number of carbonyl (C=O) groups excluding carboxylic acids is 1. The highest BCUT2D eigenvalue weighted by molar-refractivity contribution is 5.78. The predicted molar refractivity (Wildman–Crippen MR) is 80.8 cm³/mol. The number of hydrogen-bond donors (Lipinski definition) is 2. The van der Waals surface area contributed by atoms with Crippen molar-refractivity contribution in [3.63, 3.8) is 0 Å². The highest BCUT2D eigenvalue weighted by atomic mass is 16.5. The Morgan fingerprint density at radius 2 is 2.00 bits per heavy atom. The fraction of sp³-hybridized carbons (Fsp3) is 0.562. The maximum Gasteiger partial charge on any atom is 0.258 e. The molecule has 0 heterocycles. The Bertz CT molecular complexity index is 456. The quantitative estimate of drug-likeness (QED) is 0.831. The number of amides is 1.